The van der Waals surface area contributed by atoms with E-state index >= 15 is 0 Å². The van der Waals surface area contributed by atoms with E-state index in [4.69, 9.17) is 4.42 Å². The first-order valence-electron chi connectivity index (χ1n) is 8.45. The molecule has 1 aliphatic carbocycles. The van der Waals surface area contributed by atoms with E-state index in [0.717, 1.165) is 24.4 Å². The van der Waals surface area contributed by atoms with Crippen molar-refractivity contribution in [2.45, 2.75) is 44.8 Å². The Kier molecular flexibility index (Phi) is 3.31. The Morgan fingerprint density at radius 3 is 3.04 bits per heavy atom. The number of aromatic nitrogens is 4. The molecule has 1 fully saturated rings. The largest absolute Gasteiger partial charge is 0.418 e. The van der Waals surface area contributed by atoms with Gasteiger partial charge in [0.25, 0.3) is 5.89 Å². The topological polar surface area (TPSA) is 60.0 Å². The Balaban J connectivity index is 1.35. The summed E-state index contributed by atoms with van der Waals surface area (Å²) in [5.74, 6) is 1.30. The van der Waals surface area contributed by atoms with Crippen LogP contribution in [0.3, 0.4) is 0 Å². The number of hydrogen-bond donors (Lipinski definition) is 0. The average Bonchev–Trinajstić information content (AvgIpc) is 3.06. The summed E-state index contributed by atoms with van der Waals surface area (Å²) in [6.45, 7) is 3.99. The van der Waals surface area contributed by atoms with Crippen LogP contribution in [-0.2, 0) is 13.0 Å². The average molecular weight is 341 g/mol. The van der Waals surface area contributed by atoms with Crippen LogP contribution < -0.4 is 0 Å². The van der Waals surface area contributed by atoms with Gasteiger partial charge in [-0.15, -0.1) is 21.5 Å². The molecule has 2 aliphatic rings. The zero-order chi connectivity index (χ0) is 16.1. The van der Waals surface area contributed by atoms with Crippen LogP contribution in [0.1, 0.15) is 49.1 Å². The molecule has 5 rings (SSSR count). The molecular weight excluding hydrogens is 322 g/mol. The normalized spacial score (nSPS) is 19.4. The van der Waals surface area contributed by atoms with Crippen molar-refractivity contribution >= 4 is 11.3 Å². The number of fused-ring (bicyclic) bond motifs is 1. The first kappa shape index (κ1) is 14.4. The van der Waals surface area contributed by atoms with Crippen molar-refractivity contribution in [3.8, 4) is 10.8 Å². The minimum absolute atomic E-state index is 0.102. The second-order valence-electron chi connectivity index (χ2n) is 6.60. The lowest BCUT2D eigenvalue weighted by Crippen LogP contribution is -2.33. The smallest absolute Gasteiger partial charge is 0.257 e. The summed E-state index contributed by atoms with van der Waals surface area (Å²) in [6.07, 6.45) is 5.67. The van der Waals surface area contributed by atoms with Crippen LogP contribution >= 0.6 is 11.3 Å². The molecule has 1 saturated carbocycles. The maximum Gasteiger partial charge on any atom is 0.257 e. The van der Waals surface area contributed by atoms with Crippen LogP contribution in [0, 0.1) is 0 Å². The van der Waals surface area contributed by atoms with Crippen molar-refractivity contribution in [2.24, 2.45) is 0 Å². The highest BCUT2D eigenvalue weighted by Gasteiger charge is 2.32. The lowest BCUT2D eigenvalue weighted by molar-refractivity contribution is 0.163. The van der Waals surface area contributed by atoms with E-state index in [1.807, 2.05) is 23.8 Å². The predicted octanol–water partition coefficient (Wildman–Crippen LogP) is 3.45. The quantitative estimate of drug-likeness (QED) is 0.727. The Hall–Kier alpha value is -1.99. The number of rotatable bonds is 4. The fourth-order valence-electron chi connectivity index (χ4n) is 3.41. The molecule has 0 saturated heterocycles. The maximum atomic E-state index is 5.91. The van der Waals surface area contributed by atoms with Gasteiger partial charge < -0.3 is 8.98 Å². The number of hydrogen-bond acceptors (Lipinski definition) is 6. The van der Waals surface area contributed by atoms with Crippen molar-refractivity contribution in [2.75, 3.05) is 6.54 Å². The second kappa shape index (κ2) is 5.53. The summed E-state index contributed by atoms with van der Waals surface area (Å²) >= 11 is 1.62. The summed E-state index contributed by atoms with van der Waals surface area (Å²) in [4.78, 5) is 8.04. The van der Waals surface area contributed by atoms with Gasteiger partial charge in [-0.25, -0.2) is 4.98 Å². The van der Waals surface area contributed by atoms with Gasteiger partial charge in [-0.1, -0.05) is 6.07 Å². The monoisotopic (exact) mass is 341 g/mol. The Morgan fingerprint density at radius 2 is 2.25 bits per heavy atom. The van der Waals surface area contributed by atoms with E-state index in [0.29, 0.717) is 17.8 Å². The zero-order valence-corrected chi connectivity index (χ0v) is 14.4. The molecule has 3 aromatic rings. The van der Waals surface area contributed by atoms with Gasteiger partial charge in [0.2, 0.25) is 5.89 Å². The van der Waals surface area contributed by atoms with E-state index in [1.165, 1.54) is 24.2 Å². The fourth-order valence-corrected chi connectivity index (χ4v) is 4.05. The van der Waals surface area contributed by atoms with Crippen LogP contribution in [0.25, 0.3) is 10.8 Å². The Bertz CT molecular complexity index is 848. The Morgan fingerprint density at radius 1 is 1.33 bits per heavy atom. The van der Waals surface area contributed by atoms with Gasteiger partial charge in [-0.05, 0) is 31.2 Å². The summed E-state index contributed by atoms with van der Waals surface area (Å²) in [5.41, 5.74) is 2.63. The lowest BCUT2D eigenvalue weighted by atomic mass is 10.1. The molecule has 0 amide bonds. The van der Waals surface area contributed by atoms with Crippen LogP contribution in [0.4, 0.5) is 0 Å². The summed E-state index contributed by atoms with van der Waals surface area (Å²) in [5, 5.41) is 10.5. The molecule has 0 spiro atoms. The third-order valence-electron chi connectivity index (χ3n) is 4.99. The number of nitrogens with zero attached hydrogens (tertiary/aromatic N) is 5. The molecule has 3 aromatic heterocycles. The fraction of sp³-hybridized carbons (Fsp3) is 0.471. The molecule has 24 heavy (non-hydrogen) atoms. The lowest BCUT2D eigenvalue weighted by Gasteiger charge is -2.30. The van der Waals surface area contributed by atoms with Crippen LogP contribution in [0.15, 0.2) is 28.3 Å². The maximum absolute atomic E-state index is 5.91. The highest BCUT2D eigenvalue weighted by Crippen LogP contribution is 2.38. The van der Waals surface area contributed by atoms with Crippen LogP contribution in [-0.4, -0.2) is 31.2 Å². The van der Waals surface area contributed by atoms with Crippen molar-refractivity contribution in [1.29, 1.82) is 0 Å². The van der Waals surface area contributed by atoms with E-state index in [-0.39, 0.29) is 6.04 Å². The van der Waals surface area contributed by atoms with Gasteiger partial charge in [-0.3, -0.25) is 4.90 Å². The molecular formula is C17H19N5OS. The molecule has 0 radical (unpaired) electrons. The number of imidazole rings is 1. The minimum atomic E-state index is 0.102. The third-order valence-corrected chi connectivity index (χ3v) is 5.85. The molecule has 124 valence electrons. The molecule has 0 N–H and O–H groups in total. The molecule has 1 unspecified atom stereocenters. The zero-order valence-electron chi connectivity index (χ0n) is 13.6. The minimum Gasteiger partial charge on any atom is -0.418 e. The second-order valence-corrected chi connectivity index (χ2v) is 7.54. The molecule has 4 heterocycles. The number of thiophene rings is 1. The predicted molar refractivity (Wildman–Crippen MR) is 90.6 cm³/mol. The Labute approximate surface area is 144 Å². The van der Waals surface area contributed by atoms with Gasteiger partial charge in [0.15, 0.2) is 0 Å². The van der Waals surface area contributed by atoms with Gasteiger partial charge in [-0.2, -0.15) is 0 Å². The first-order chi connectivity index (χ1) is 11.8. The summed E-state index contributed by atoms with van der Waals surface area (Å²) in [6, 6.07) is 4.81. The van der Waals surface area contributed by atoms with Crippen LogP contribution in [0.5, 0.6) is 0 Å². The highest BCUT2D eigenvalue weighted by atomic mass is 32.1. The van der Waals surface area contributed by atoms with E-state index in [2.05, 4.69) is 31.6 Å². The molecule has 7 heteroatoms. The van der Waals surface area contributed by atoms with Gasteiger partial charge in [0, 0.05) is 31.2 Å². The van der Waals surface area contributed by atoms with E-state index < -0.39 is 0 Å². The van der Waals surface area contributed by atoms with Crippen molar-refractivity contribution in [3.63, 3.8) is 0 Å². The molecule has 1 aliphatic heterocycles. The molecule has 1 atom stereocenters. The van der Waals surface area contributed by atoms with Crippen LogP contribution in [0.2, 0.25) is 0 Å². The highest BCUT2D eigenvalue weighted by molar-refractivity contribution is 7.13. The molecule has 0 aromatic carbocycles. The van der Waals surface area contributed by atoms with Gasteiger partial charge in [0.05, 0.1) is 22.9 Å². The van der Waals surface area contributed by atoms with E-state index in [9.17, 15) is 0 Å². The van der Waals surface area contributed by atoms with Crippen molar-refractivity contribution < 1.29 is 4.42 Å². The first-order valence-corrected chi connectivity index (χ1v) is 9.33. The van der Waals surface area contributed by atoms with Gasteiger partial charge in [0.1, 0.15) is 0 Å². The van der Waals surface area contributed by atoms with E-state index in [1.54, 1.807) is 11.3 Å². The van der Waals surface area contributed by atoms with Crippen molar-refractivity contribution in [3.05, 3.63) is 41.1 Å². The van der Waals surface area contributed by atoms with Gasteiger partial charge >= 0.3 is 0 Å². The van der Waals surface area contributed by atoms with Crippen molar-refractivity contribution in [1.82, 2.24) is 24.6 Å². The molecule has 0 bridgehead atoms. The third kappa shape index (κ3) is 2.39. The SMILES string of the molecule is CC(c1nnc(-c2cccs2)o1)N1CCc2c(ncn2C2CC2)C1. The molecule has 6 nitrogen and oxygen atoms in total. The summed E-state index contributed by atoms with van der Waals surface area (Å²) < 4.78 is 8.29. The summed E-state index contributed by atoms with van der Waals surface area (Å²) in [7, 11) is 0. The standard InChI is InChI=1S/C17H19N5OS/c1-11(16-19-20-17(23-16)15-3-2-8-24-15)21-7-6-14-13(9-21)18-10-22(14)12-4-5-12/h2-3,8,10-12H,4-7,9H2,1H3.